The molecule has 4 rings (SSSR count). The van der Waals surface area contributed by atoms with E-state index in [0.29, 0.717) is 18.0 Å². The number of aromatic nitrogens is 3. The summed E-state index contributed by atoms with van der Waals surface area (Å²) in [4.78, 5) is 23.7. The van der Waals surface area contributed by atoms with Gasteiger partial charge in [-0.15, -0.1) is 0 Å². The number of likely N-dealkylation sites (tertiary alicyclic amines) is 1. The predicted octanol–water partition coefficient (Wildman–Crippen LogP) is 3.08. The summed E-state index contributed by atoms with van der Waals surface area (Å²) in [6.07, 6.45) is 10.3. The lowest BCUT2D eigenvalue weighted by atomic mass is 10.0. The molecule has 1 atom stereocenters. The quantitative estimate of drug-likeness (QED) is 0.757. The molecule has 0 unspecified atom stereocenters. The third-order valence-corrected chi connectivity index (χ3v) is 5.19. The molecule has 0 saturated carbocycles. The maximum absolute atomic E-state index is 12.7. The summed E-state index contributed by atoms with van der Waals surface area (Å²) in [7, 11) is 0. The number of carbonyl (C=O) groups is 1. The Morgan fingerprint density at radius 3 is 2.59 bits per heavy atom. The first-order valence-corrected chi connectivity index (χ1v) is 9.68. The molecule has 1 aliphatic heterocycles. The average Bonchev–Trinajstić information content (AvgIpc) is 2.97. The maximum atomic E-state index is 12.7. The van der Waals surface area contributed by atoms with Gasteiger partial charge < -0.3 is 5.32 Å². The van der Waals surface area contributed by atoms with E-state index in [9.17, 15) is 4.79 Å². The molecule has 1 aliphatic rings. The molecule has 140 valence electrons. The van der Waals surface area contributed by atoms with Crippen LogP contribution >= 0.6 is 0 Å². The standard InChI is InChI=1S/C21H25N5O/c27-20(18-16-26-14-8-11-22-21(26)24-18)23-15-19(17-9-4-3-5-10-17)25-12-6-1-2-7-13-25/h3-5,8-11,14,16,19H,1-2,6-7,12-13,15H2,(H,23,27)/t19-/m0/s1. The van der Waals surface area contributed by atoms with Crippen molar-refractivity contribution in [2.24, 2.45) is 0 Å². The highest BCUT2D eigenvalue weighted by atomic mass is 16.1. The van der Waals surface area contributed by atoms with Crippen molar-refractivity contribution in [2.45, 2.75) is 31.7 Å². The Morgan fingerprint density at radius 2 is 1.85 bits per heavy atom. The highest BCUT2D eigenvalue weighted by Gasteiger charge is 2.22. The molecule has 27 heavy (non-hydrogen) atoms. The number of nitrogens with zero attached hydrogens (tertiary/aromatic N) is 4. The number of rotatable bonds is 5. The van der Waals surface area contributed by atoms with Crippen LogP contribution in [0.25, 0.3) is 5.78 Å². The molecule has 1 fully saturated rings. The molecule has 1 N–H and O–H groups in total. The van der Waals surface area contributed by atoms with Gasteiger partial charge in [0.2, 0.25) is 5.78 Å². The molecule has 1 aromatic carbocycles. The lowest BCUT2D eigenvalue weighted by Crippen LogP contribution is -2.38. The van der Waals surface area contributed by atoms with Crippen molar-refractivity contribution in [1.29, 1.82) is 0 Å². The fourth-order valence-corrected chi connectivity index (χ4v) is 3.76. The first-order valence-electron chi connectivity index (χ1n) is 9.68. The van der Waals surface area contributed by atoms with Crippen LogP contribution in [-0.2, 0) is 0 Å². The van der Waals surface area contributed by atoms with Gasteiger partial charge in [0.1, 0.15) is 5.69 Å². The zero-order valence-electron chi connectivity index (χ0n) is 15.4. The summed E-state index contributed by atoms with van der Waals surface area (Å²) in [5.74, 6) is 0.381. The van der Waals surface area contributed by atoms with Crippen LogP contribution in [0.3, 0.4) is 0 Å². The largest absolute Gasteiger partial charge is 0.349 e. The average molecular weight is 363 g/mol. The number of hydrogen-bond donors (Lipinski definition) is 1. The Morgan fingerprint density at radius 1 is 1.07 bits per heavy atom. The highest BCUT2D eigenvalue weighted by Crippen LogP contribution is 2.23. The molecule has 6 heteroatoms. The second kappa shape index (κ2) is 8.31. The fraction of sp³-hybridized carbons (Fsp3) is 0.381. The minimum absolute atomic E-state index is 0.156. The SMILES string of the molecule is O=C(NC[C@@H](c1ccccc1)N1CCCCCC1)c1cn2cccnc2n1. The first-order chi connectivity index (χ1) is 13.3. The van der Waals surface area contributed by atoms with Gasteiger partial charge in [0.15, 0.2) is 0 Å². The van der Waals surface area contributed by atoms with Gasteiger partial charge in [-0.2, -0.15) is 0 Å². The van der Waals surface area contributed by atoms with E-state index < -0.39 is 0 Å². The summed E-state index contributed by atoms with van der Waals surface area (Å²) in [6, 6.07) is 12.5. The fourth-order valence-electron chi connectivity index (χ4n) is 3.76. The molecule has 0 bridgehead atoms. The van der Waals surface area contributed by atoms with Crippen molar-refractivity contribution in [3.05, 3.63) is 66.2 Å². The third-order valence-electron chi connectivity index (χ3n) is 5.19. The number of nitrogens with one attached hydrogen (secondary N) is 1. The van der Waals surface area contributed by atoms with Gasteiger partial charge in [0.25, 0.3) is 5.91 Å². The van der Waals surface area contributed by atoms with E-state index in [0.717, 1.165) is 13.1 Å². The van der Waals surface area contributed by atoms with E-state index in [-0.39, 0.29) is 11.9 Å². The number of benzene rings is 1. The molecule has 1 amide bonds. The summed E-state index contributed by atoms with van der Waals surface area (Å²) in [5, 5.41) is 3.09. The van der Waals surface area contributed by atoms with Gasteiger partial charge in [0.05, 0.1) is 6.04 Å². The third kappa shape index (κ3) is 4.17. The Hall–Kier alpha value is -2.73. The van der Waals surface area contributed by atoms with E-state index in [1.807, 2.05) is 18.3 Å². The monoisotopic (exact) mass is 363 g/mol. The molecular weight excluding hydrogens is 338 g/mol. The second-order valence-electron chi connectivity index (χ2n) is 7.04. The van der Waals surface area contributed by atoms with E-state index in [1.54, 1.807) is 16.8 Å². The lowest BCUT2D eigenvalue weighted by molar-refractivity contribution is 0.0929. The zero-order valence-corrected chi connectivity index (χ0v) is 15.4. The molecule has 0 aliphatic carbocycles. The Kier molecular flexibility index (Phi) is 5.44. The number of carbonyl (C=O) groups excluding carboxylic acids is 1. The van der Waals surface area contributed by atoms with Crippen LogP contribution in [0.5, 0.6) is 0 Å². The van der Waals surface area contributed by atoms with Gasteiger partial charge in [-0.05, 0) is 37.6 Å². The highest BCUT2D eigenvalue weighted by molar-refractivity contribution is 5.92. The van der Waals surface area contributed by atoms with Gasteiger partial charge in [-0.1, -0.05) is 43.2 Å². The Balaban J connectivity index is 1.49. The number of fused-ring (bicyclic) bond motifs is 1. The van der Waals surface area contributed by atoms with E-state index in [4.69, 9.17) is 0 Å². The topological polar surface area (TPSA) is 62.5 Å². The van der Waals surface area contributed by atoms with Crippen molar-refractivity contribution >= 4 is 11.7 Å². The van der Waals surface area contributed by atoms with Crippen molar-refractivity contribution in [2.75, 3.05) is 19.6 Å². The first kappa shape index (κ1) is 17.7. The molecule has 6 nitrogen and oxygen atoms in total. The van der Waals surface area contributed by atoms with Crippen LogP contribution in [0.2, 0.25) is 0 Å². The second-order valence-corrected chi connectivity index (χ2v) is 7.04. The summed E-state index contributed by atoms with van der Waals surface area (Å²) < 4.78 is 1.76. The lowest BCUT2D eigenvalue weighted by Gasteiger charge is -2.31. The van der Waals surface area contributed by atoms with Gasteiger partial charge in [0, 0.05) is 25.1 Å². The Bertz CT molecular complexity index is 851. The molecule has 0 spiro atoms. The van der Waals surface area contributed by atoms with Crippen molar-refractivity contribution < 1.29 is 4.79 Å². The van der Waals surface area contributed by atoms with Gasteiger partial charge in [-0.3, -0.25) is 14.1 Å². The molecule has 1 saturated heterocycles. The van der Waals surface area contributed by atoms with Crippen LogP contribution in [0, 0.1) is 0 Å². The van der Waals surface area contributed by atoms with Crippen LogP contribution in [0.4, 0.5) is 0 Å². The van der Waals surface area contributed by atoms with E-state index in [2.05, 4.69) is 44.5 Å². The van der Waals surface area contributed by atoms with Crippen LogP contribution in [0.1, 0.15) is 47.8 Å². The maximum Gasteiger partial charge on any atom is 0.271 e. The molecule has 3 heterocycles. The minimum atomic E-state index is -0.156. The van der Waals surface area contributed by atoms with Crippen LogP contribution < -0.4 is 5.32 Å². The van der Waals surface area contributed by atoms with Crippen molar-refractivity contribution in [3.63, 3.8) is 0 Å². The predicted molar refractivity (Wildman–Crippen MR) is 105 cm³/mol. The number of imidazole rings is 1. The van der Waals surface area contributed by atoms with Crippen molar-refractivity contribution in [1.82, 2.24) is 24.6 Å². The summed E-state index contributed by atoms with van der Waals surface area (Å²) in [6.45, 7) is 2.73. The summed E-state index contributed by atoms with van der Waals surface area (Å²) >= 11 is 0. The molecule has 0 radical (unpaired) electrons. The number of amides is 1. The van der Waals surface area contributed by atoms with Crippen LogP contribution in [0.15, 0.2) is 55.0 Å². The van der Waals surface area contributed by atoms with Crippen LogP contribution in [-0.4, -0.2) is 44.8 Å². The Labute approximate surface area is 159 Å². The van der Waals surface area contributed by atoms with Gasteiger partial charge in [-0.25, -0.2) is 9.97 Å². The molecule has 2 aromatic heterocycles. The zero-order chi connectivity index (χ0) is 18.5. The number of hydrogen-bond acceptors (Lipinski definition) is 4. The van der Waals surface area contributed by atoms with Gasteiger partial charge >= 0.3 is 0 Å². The normalized spacial score (nSPS) is 16.7. The smallest absolute Gasteiger partial charge is 0.271 e. The molecule has 3 aromatic rings. The summed E-state index contributed by atoms with van der Waals surface area (Å²) in [5.41, 5.74) is 1.65. The minimum Gasteiger partial charge on any atom is -0.349 e. The molecular formula is C21H25N5O. The van der Waals surface area contributed by atoms with E-state index >= 15 is 0 Å². The van der Waals surface area contributed by atoms with Crippen molar-refractivity contribution in [3.8, 4) is 0 Å². The van der Waals surface area contributed by atoms with E-state index in [1.165, 1.54) is 31.2 Å².